The first-order valence-electron chi connectivity index (χ1n) is 7.11. The van der Waals surface area contributed by atoms with Gasteiger partial charge < -0.3 is 9.84 Å². The molecule has 9 nitrogen and oxygen atoms in total. The summed E-state index contributed by atoms with van der Waals surface area (Å²) in [4.78, 5) is 33.3. The highest BCUT2D eigenvalue weighted by atomic mass is 31.1. The maximum atomic E-state index is 15.2. The summed E-state index contributed by atoms with van der Waals surface area (Å²) in [6, 6.07) is 0.839. The molecule has 1 aromatic heterocycles. The Bertz CT molecular complexity index is 753. The molecule has 116 valence electrons. The van der Waals surface area contributed by atoms with Crippen LogP contribution in [0.4, 0.5) is 4.39 Å². The van der Waals surface area contributed by atoms with Crippen molar-refractivity contribution in [2.45, 2.75) is 31.0 Å². The highest BCUT2D eigenvalue weighted by Gasteiger charge is 2.55. The van der Waals surface area contributed by atoms with Crippen molar-refractivity contribution in [2.24, 2.45) is 0 Å². The predicted molar refractivity (Wildman–Crippen MR) is 66.5 cm³/mol. The fourth-order valence-electron chi connectivity index (χ4n) is 1.90. The number of aromatic amines is 1. The number of nitrogens with one attached hydrogen (secondary N) is 1. The second-order valence-corrected chi connectivity index (χ2v) is 5.02. The van der Waals surface area contributed by atoms with E-state index in [4.69, 9.17) is 13.7 Å². The maximum Gasteiger partial charge on any atom is 0.694 e. The van der Waals surface area contributed by atoms with Crippen molar-refractivity contribution in [3.63, 3.8) is 0 Å². The van der Waals surface area contributed by atoms with Crippen molar-refractivity contribution in [3.05, 3.63) is 33.1 Å². The number of halogens is 1. The van der Waals surface area contributed by atoms with Crippen molar-refractivity contribution in [1.29, 1.82) is 0 Å². The SMILES string of the molecule is [2H][13C]([2H])([2H])[C@@]1(F)[C@H](O)[C@@H](CO[P+](=O)O)O[C@H]1n1ccc(=O)[nH]c1=O. The molecule has 1 saturated heterocycles. The van der Waals surface area contributed by atoms with Crippen LogP contribution >= 0.6 is 8.25 Å². The molecule has 0 amide bonds. The van der Waals surface area contributed by atoms with Crippen molar-refractivity contribution in [2.75, 3.05) is 6.61 Å². The minimum atomic E-state index is -3.43. The van der Waals surface area contributed by atoms with Crippen LogP contribution in [0.1, 0.15) is 17.2 Å². The van der Waals surface area contributed by atoms with E-state index in [1.807, 2.05) is 0 Å². The van der Waals surface area contributed by atoms with E-state index in [0.29, 0.717) is 4.57 Å². The molecule has 1 aliphatic heterocycles. The normalized spacial score (nSPS) is 35.9. The number of nitrogens with zero attached hydrogens (tertiary/aromatic N) is 1. The van der Waals surface area contributed by atoms with Crippen molar-refractivity contribution < 1.29 is 32.3 Å². The van der Waals surface area contributed by atoms with Gasteiger partial charge in [-0.15, -0.1) is 9.42 Å². The molecule has 2 rings (SSSR count). The molecule has 1 fully saturated rings. The highest BCUT2D eigenvalue weighted by molar-refractivity contribution is 7.32. The molecule has 0 radical (unpaired) electrons. The molecule has 11 heteroatoms. The predicted octanol–water partition coefficient (Wildman–Crippen LogP) is -0.811. The van der Waals surface area contributed by atoms with E-state index in [2.05, 4.69) is 4.52 Å². The van der Waals surface area contributed by atoms with E-state index < -0.39 is 57.1 Å². The highest BCUT2D eigenvalue weighted by Crippen LogP contribution is 2.41. The third-order valence-corrected chi connectivity index (χ3v) is 3.27. The summed E-state index contributed by atoms with van der Waals surface area (Å²) < 4.78 is 57.7. The van der Waals surface area contributed by atoms with Gasteiger partial charge in [0.1, 0.15) is 18.8 Å². The molecule has 0 aromatic carbocycles. The van der Waals surface area contributed by atoms with Gasteiger partial charge in [0.15, 0.2) is 11.9 Å². The monoisotopic (exact) mass is 327 g/mol. The fourth-order valence-corrected chi connectivity index (χ4v) is 2.18. The van der Waals surface area contributed by atoms with E-state index in [9.17, 15) is 19.3 Å². The molecule has 1 aromatic rings. The molecule has 5 atom stereocenters. The molecule has 1 aliphatic rings. The molecule has 1 unspecified atom stereocenters. The Hall–Kier alpha value is -1.45. The number of alkyl halides is 1. The molecule has 0 aliphatic carbocycles. The summed E-state index contributed by atoms with van der Waals surface area (Å²) in [6.07, 6.45) is -5.22. The maximum absolute atomic E-state index is 15.2. The van der Waals surface area contributed by atoms with E-state index in [0.717, 1.165) is 12.3 Å². The number of aliphatic hydroxyl groups is 1. The van der Waals surface area contributed by atoms with Gasteiger partial charge in [0.25, 0.3) is 5.56 Å². The van der Waals surface area contributed by atoms with E-state index >= 15 is 4.39 Å². The van der Waals surface area contributed by atoms with Crippen molar-refractivity contribution in [3.8, 4) is 0 Å². The van der Waals surface area contributed by atoms with Gasteiger partial charge in [0.2, 0.25) is 0 Å². The molecular weight excluding hydrogens is 311 g/mol. The zero-order valence-electron chi connectivity index (χ0n) is 13.3. The first-order chi connectivity index (χ1) is 11.0. The van der Waals surface area contributed by atoms with Crippen LogP contribution in [0.2, 0.25) is 0 Å². The summed E-state index contributed by atoms with van der Waals surface area (Å²) >= 11 is 0. The third kappa shape index (κ3) is 3.09. The third-order valence-electron chi connectivity index (χ3n) is 2.90. The van der Waals surface area contributed by atoms with E-state index in [1.54, 1.807) is 4.98 Å². The lowest BCUT2D eigenvalue weighted by Gasteiger charge is -2.24. The number of rotatable bonds is 4. The number of aliphatic hydroxyl groups excluding tert-OH is 1. The lowest BCUT2D eigenvalue weighted by molar-refractivity contribution is -0.0587. The summed E-state index contributed by atoms with van der Waals surface area (Å²) in [6.45, 7) is -4.20. The Morgan fingerprint density at radius 3 is 3.00 bits per heavy atom. The van der Waals surface area contributed by atoms with Gasteiger partial charge in [-0.3, -0.25) is 14.3 Å². The Morgan fingerprint density at radius 2 is 2.43 bits per heavy atom. The van der Waals surface area contributed by atoms with Crippen molar-refractivity contribution >= 4 is 8.25 Å². The Kier molecular flexibility index (Phi) is 3.32. The molecular formula is C10H13FN2O7P+. The lowest BCUT2D eigenvalue weighted by atomic mass is 10.0. The molecule has 0 saturated carbocycles. The average molecular weight is 327 g/mol. The van der Waals surface area contributed by atoms with Gasteiger partial charge in [0.05, 0.1) is 0 Å². The smallest absolute Gasteiger partial charge is 0.387 e. The quantitative estimate of drug-likeness (QED) is 0.487. The van der Waals surface area contributed by atoms with Crippen LogP contribution in [0.5, 0.6) is 0 Å². The molecule has 21 heavy (non-hydrogen) atoms. The minimum Gasteiger partial charge on any atom is -0.387 e. The number of aromatic nitrogens is 2. The molecule has 0 bridgehead atoms. The Morgan fingerprint density at radius 1 is 1.71 bits per heavy atom. The lowest BCUT2D eigenvalue weighted by Crippen LogP contribution is -2.43. The van der Waals surface area contributed by atoms with Crippen LogP contribution in [0.3, 0.4) is 0 Å². The number of ether oxygens (including phenoxy) is 1. The van der Waals surface area contributed by atoms with E-state index in [-0.39, 0.29) is 0 Å². The Labute approximate surface area is 122 Å². The zero-order chi connectivity index (χ0) is 18.3. The standard InChI is InChI=1S/C10H12FN2O7P/c1-10(11)7(15)5(4-19-21(17)18)20-8(10)13-3-2-6(14)12-9(13)16/h2-3,5,7-8,15H,4H2,1H3,(H-,12,14,16,17,18)/p+1/t5-,7-,8-,10-/m1/s1/i1+1D3. The largest absolute Gasteiger partial charge is 0.694 e. The number of hydrogen-bond donors (Lipinski definition) is 3. The second kappa shape index (κ2) is 5.74. The van der Waals surface area contributed by atoms with Crippen LogP contribution in [0.25, 0.3) is 0 Å². The summed E-state index contributed by atoms with van der Waals surface area (Å²) in [7, 11) is -3.09. The Balaban J connectivity index is 2.49. The first-order valence-corrected chi connectivity index (χ1v) is 6.74. The van der Waals surface area contributed by atoms with Gasteiger partial charge >= 0.3 is 13.9 Å². The second-order valence-electron chi connectivity index (χ2n) is 4.29. The number of H-pyrrole nitrogens is 1. The van der Waals surface area contributed by atoms with Crippen molar-refractivity contribution in [1.82, 2.24) is 9.55 Å². The van der Waals surface area contributed by atoms with Gasteiger partial charge in [0, 0.05) is 20.9 Å². The van der Waals surface area contributed by atoms with E-state index in [1.165, 1.54) is 0 Å². The topological polar surface area (TPSA) is 131 Å². The van der Waals surface area contributed by atoms with Crippen LogP contribution < -0.4 is 11.2 Å². The summed E-state index contributed by atoms with van der Waals surface area (Å²) in [5.74, 6) is 0. The first kappa shape index (κ1) is 12.1. The van der Waals surface area contributed by atoms with Gasteiger partial charge in [-0.2, -0.15) is 0 Å². The number of hydrogen-bond acceptors (Lipinski definition) is 6. The van der Waals surface area contributed by atoms with Crippen LogP contribution in [-0.4, -0.2) is 44.0 Å². The van der Waals surface area contributed by atoms with Gasteiger partial charge in [-0.25, -0.2) is 9.18 Å². The van der Waals surface area contributed by atoms with Crippen LogP contribution in [0.15, 0.2) is 21.9 Å². The fraction of sp³-hybridized carbons (Fsp3) is 0.600. The van der Waals surface area contributed by atoms with Gasteiger partial charge in [-0.1, -0.05) is 0 Å². The van der Waals surface area contributed by atoms with Gasteiger partial charge in [-0.05, 0) is 6.85 Å². The molecule has 0 spiro atoms. The summed E-state index contributed by atoms with van der Waals surface area (Å²) in [5.41, 5.74) is -5.38. The van der Waals surface area contributed by atoms with Crippen LogP contribution in [0, 0.1) is 0 Å². The van der Waals surface area contributed by atoms with Crippen LogP contribution in [-0.2, 0) is 13.8 Å². The molecule has 2 heterocycles. The average Bonchev–Trinajstić information content (AvgIpc) is 2.70. The molecule has 3 N–H and O–H groups in total. The minimum absolute atomic E-state index is 0.468. The summed E-state index contributed by atoms with van der Waals surface area (Å²) in [5, 5.41) is 10.0. The zero-order valence-corrected chi connectivity index (χ0v) is 11.2.